The summed E-state index contributed by atoms with van der Waals surface area (Å²) in [5.74, 6) is 0.589. The first kappa shape index (κ1) is 17.3. The van der Waals surface area contributed by atoms with Crippen molar-refractivity contribution in [3.8, 4) is 0 Å². The number of hydrogen-bond donors (Lipinski definition) is 1. The number of amides is 1. The zero-order chi connectivity index (χ0) is 18.3. The molecule has 1 N–H and O–H groups in total. The Morgan fingerprint density at radius 3 is 2.73 bits per heavy atom. The second kappa shape index (κ2) is 6.87. The average Bonchev–Trinajstić information content (AvgIpc) is 3.12. The number of carbonyl (C=O) groups is 1. The largest absolute Gasteiger partial charge is 0.352 e. The predicted octanol–water partition coefficient (Wildman–Crippen LogP) is 3.42. The summed E-state index contributed by atoms with van der Waals surface area (Å²) in [5.41, 5.74) is 1.35. The van der Waals surface area contributed by atoms with E-state index in [0.29, 0.717) is 11.3 Å². The van der Waals surface area contributed by atoms with E-state index in [9.17, 15) is 9.59 Å². The summed E-state index contributed by atoms with van der Waals surface area (Å²) in [4.78, 5) is 25.7. The Morgan fingerprint density at radius 2 is 2.00 bits per heavy atom. The third-order valence-electron chi connectivity index (χ3n) is 5.37. The number of fused-ring (bicyclic) bond motifs is 3. The van der Waals surface area contributed by atoms with Crippen molar-refractivity contribution >= 4 is 33.0 Å². The Labute approximate surface area is 155 Å². The molecule has 1 aliphatic rings. The highest BCUT2D eigenvalue weighted by Crippen LogP contribution is 2.24. The number of hydrogen-bond acceptors (Lipinski definition) is 4. The van der Waals surface area contributed by atoms with E-state index in [1.807, 2.05) is 28.8 Å². The van der Waals surface area contributed by atoms with Crippen LogP contribution in [0.5, 0.6) is 0 Å². The minimum absolute atomic E-state index is 0.122. The Bertz CT molecular complexity index is 1010. The summed E-state index contributed by atoms with van der Waals surface area (Å²) in [6.45, 7) is 3.62. The third-order valence-corrected chi connectivity index (χ3v) is 6.23. The molecule has 0 saturated heterocycles. The van der Waals surface area contributed by atoms with Gasteiger partial charge < -0.3 is 5.32 Å². The summed E-state index contributed by atoms with van der Waals surface area (Å²) in [5, 5.41) is 9.58. The van der Waals surface area contributed by atoms with Crippen LogP contribution < -0.4 is 10.9 Å². The molecule has 0 aromatic carbocycles. The zero-order valence-corrected chi connectivity index (χ0v) is 16.0. The molecule has 3 heterocycles. The fourth-order valence-corrected chi connectivity index (χ4v) is 4.72. The van der Waals surface area contributed by atoms with Crippen molar-refractivity contribution in [3.63, 3.8) is 0 Å². The van der Waals surface area contributed by atoms with E-state index < -0.39 is 6.04 Å². The van der Waals surface area contributed by atoms with Crippen LogP contribution in [-0.2, 0) is 4.79 Å². The minimum atomic E-state index is -0.623. The number of nitrogens with zero attached hydrogens (tertiary/aromatic N) is 3. The monoisotopic (exact) mass is 372 g/mol. The van der Waals surface area contributed by atoms with Crippen LogP contribution in [0, 0.1) is 6.92 Å². The van der Waals surface area contributed by atoms with Crippen LogP contribution in [0.15, 0.2) is 22.3 Å². The van der Waals surface area contributed by atoms with Crippen LogP contribution >= 0.6 is 11.3 Å². The molecule has 1 fully saturated rings. The lowest BCUT2D eigenvalue weighted by Crippen LogP contribution is -2.42. The third kappa shape index (κ3) is 2.94. The van der Waals surface area contributed by atoms with Gasteiger partial charge in [0, 0.05) is 6.04 Å². The average molecular weight is 372 g/mol. The van der Waals surface area contributed by atoms with Gasteiger partial charge in [0.15, 0.2) is 0 Å². The highest BCUT2D eigenvalue weighted by atomic mass is 32.1. The summed E-state index contributed by atoms with van der Waals surface area (Å²) < 4.78 is 4.27. The van der Waals surface area contributed by atoms with Crippen LogP contribution in [0.4, 0.5) is 0 Å². The van der Waals surface area contributed by atoms with Crippen molar-refractivity contribution in [1.29, 1.82) is 0 Å². The van der Waals surface area contributed by atoms with Gasteiger partial charge in [-0.05, 0) is 44.2 Å². The van der Waals surface area contributed by atoms with Crippen molar-refractivity contribution in [3.05, 3.63) is 33.7 Å². The van der Waals surface area contributed by atoms with Gasteiger partial charge in [0.05, 0.1) is 10.2 Å². The van der Waals surface area contributed by atoms with Crippen LogP contribution in [0.2, 0.25) is 0 Å². The van der Waals surface area contributed by atoms with Crippen LogP contribution in [0.3, 0.4) is 0 Å². The molecule has 6 nitrogen and oxygen atoms in total. The van der Waals surface area contributed by atoms with Crippen LogP contribution in [-0.4, -0.2) is 26.1 Å². The molecule has 1 amide bonds. The first-order chi connectivity index (χ1) is 12.6. The summed E-state index contributed by atoms with van der Waals surface area (Å²) in [7, 11) is 0. The number of aryl methyl sites for hydroxylation is 1. The summed E-state index contributed by atoms with van der Waals surface area (Å²) in [6, 6.07) is 3.48. The van der Waals surface area contributed by atoms with Gasteiger partial charge in [-0.2, -0.15) is 5.10 Å². The van der Waals surface area contributed by atoms with E-state index in [-0.39, 0.29) is 17.5 Å². The smallest absolute Gasteiger partial charge is 0.291 e. The molecule has 0 spiro atoms. The quantitative estimate of drug-likeness (QED) is 0.716. The molecule has 26 heavy (non-hydrogen) atoms. The molecule has 3 aromatic rings. The number of rotatable bonds is 3. The van der Waals surface area contributed by atoms with Crippen molar-refractivity contribution in [2.75, 3.05) is 0 Å². The van der Waals surface area contributed by atoms with E-state index in [2.05, 4.69) is 10.4 Å². The lowest BCUT2D eigenvalue weighted by Gasteiger charge is -2.20. The molecule has 1 atom stereocenters. The van der Waals surface area contributed by atoms with E-state index in [0.717, 1.165) is 35.9 Å². The molecule has 1 saturated carbocycles. The molecule has 0 radical (unpaired) electrons. The fraction of sp³-hybridized carbons (Fsp3) is 0.526. The number of thiophene rings is 1. The Hall–Kier alpha value is -2.15. The zero-order valence-electron chi connectivity index (χ0n) is 15.2. The maximum atomic E-state index is 12.9. The number of nitrogens with one attached hydrogen (secondary N) is 1. The van der Waals surface area contributed by atoms with Gasteiger partial charge in [-0.1, -0.05) is 25.7 Å². The highest BCUT2D eigenvalue weighted by molar-refractivity contribution is 7.17. The molecule has 1 unspecified atom stereocenters. The summed E-state index contributed by atoms with van der Waals surface area (Å²) in [6.07, 6.45) is 6.84. The van der Waals surface area contributed by atoms with E-state index in [4.69, 9.17) is 0 Å². The first-order valence-electron chi connectivity index (χ1n) is 9.34. The van der Waals surface area contributed by atoms with Gasteiger partial charge in [0.1, 0.15) is 17.4 Å². The molecule has 0 aliphatic heterocycles. The van der Waals surface area contributed by atoms with Crippen molar-refractivity contribution in [2.45, 2.75) is 64.5 Å². The second-order valence-corrected chi connectivity index (χ2v) is 8.15. The molecule has 7 heteroatoms. The molecular weight excluding hydrogens is 348 g/mol. The highest BCUT2D eigenvalue weighted by Gasteiger charge is 2.23. The standard InChI is InChI=1S/C19H24N4O2S/c1-12(18(24)20-14-7-5-3-4-6-8-14)23-19(25)16-11-17-15(9-10-26-17)22(16)13(2)21-23/h9-12,14H,3-8H2,1-2H3,(H,20,24). The summed E-state index contributed by atoms with van der Waals surface area (Å²) >= 11 is 1.60. The molecule has 4 rings (SSSR count). The van der Waals surface area contributed by atoms with Crippen LogP contribution in [0.1, 0.15) is 57.3 Å². The minimum Gasteiger partial charge on any atom is -0.352 e. The second-order valence-electron chi connectivity index (χ2n) is 7.21. The fourth-order valence-electron chi connectivity index (χ4n) is 3.91. The van der Waals surface area contributed by atoms with Crippen molar-refractivity contribution in [1.82, 2.24) is 19.5 Å². The Kier molecular flexibility index (Phi) is 4.56. The molecule has 0 bridgehead atoms. The normalized spacial score (nSPS) is 17.5. The van der Waals surface area contributed by atoms with E-state index in [1.54, 1.807) is 18.3 Å². The van der Waals surface area contributed by atoms with Gasteiger partial charge in [-0.25, -0.2) is 4.68 Å². The van der Waals surface area contributed by atoms with Gasteiger partial charge in [-0.3, -0.25) is 14.0 Å². The van der Waals surface area contributed by atoms with Gasteiger partial charge in [-0.15, -0.1) is 11.3 Å². The Morgan fingerprint density at radius 1 is 1.27 bits per heavy atom. The van der Waals surface area contributed by atoms with Crippen molar-refractivity contribution in [2.24, 2.45) is 0 Å². The van der Waals surface area contributed by atoms with E-state index in [1.165, 1.54) is 17.5 Å². The van der Waals surface area contributed by atoms with Crippen molar-refractivity contribution < 1.29 is 4.79 Å². The maximum absolute atomic E-state index is 12.9. The molecule has 3 aromatic heterocycles. The molecule has 1 aliphatic carbocycles. The lowest BCUT2D eigenvalue weighted by atomic mass is 10.1. The molecule has 138 valence electrons. The first-order valence-corrected chi connectivity index (χ1v) is 10.2. The van der Waals surface area contributed by atoms with Crippen LogP contribution in [0.25, 0.3) is 15.7 Å². The predicted molar refractivity (Wildman–Crippen MR) is 104 cm³/mol. The number of carbonyl (C=O) groups excluding carboxylic acids is 1. The van der Waals surface area contributed by atoms with Gasteiger partial charge in [0.25, 0.3) is 5.56 Å². The Balaban J connectivity index is 1.65. The van der Waals surface area contributed by atoms with Gasteiger partial charge in [0.2, 0.25) is 5.91 Å². The lowest BCUT2D eigenvalue weighted by molar-refractivity contribution is -0.125. The SMILES string of the molecule is Cc1nn(C(C)C(=O)NC2CCCCCC2)c(=O)c2cc3sccc3n12. The van der Waals surface area contributed by atoms with E-state index >= 15 is 0 Å². The molecular formula is C19H24N4O2S. The number of aromatic nitrogens is 3. The maximum Gasteiger partial charge on any atom is 0.291 e. The van der Waals surface area contributed by atoms with Gasteiger partial charge >= 0.3 is 0 Å². The topological polar surface area (TPSA) is 68.4 Å².